The minimum absolute atomic E-state index is 0. The van der Waals surface area contributed by atoms with E-state index in [2.05, 4.69) is 26.8 Å². The van der Waals surface area contributed by atoms with Crippen LogP contribution in [0.5, 0.6) is 0 Å². The second-order valence-electron chi connectivity index (χ2n) is 6.76. The van der Waals surface area contributed by atoms with Gasteiger partial charge in [-0.3, -0.25) is 14.7 Å². The van der Waals surface area contributed by atoms with Crippen LogP contribution in [0.25, 0.3) is 0 Å². The predicted molar refractivity (Wildman–Crippen MR) is 105 cm³/mol. The lowest BCUT2D eigenvalue weighted by Gasteiger charge is -2.27. The largest absolute Gasteiger partial charge is 0.369 e. The van der Waals surface area contributed by atoms with Crippen molar-refractivity contribution < 1.29 is 4.39 Å². The van der Waals surface area contributed by atoms with Crippen LogP contribution in [-0.2, 0) is 0 Å². The molecule has 2 saturated heterocycles. The topological polar surface area (TPSA) is 78.2 Å². The zero-order valence-corrected chi connectivity index (χ0v) is 15.9. The highest BCUT2D eigenvalue weighted by molar-refractivity contribution is 5.85. The zero-order chi connectivity index (χ0) is 16.8. The van der Waals surface area contributed by atoms with Gasteiger partial charge < -0.3 is 10.6 Å². The summed E-state index contributed by atoms with van der Waals surface area (Å²) in [5.41, 5.74) is 6.42. The van der Waals surface area contributed by atoms with Gasteiger partial charge in [-0.05, 0) is 30.7 Å². The minimum atomic E-state index is -0.242. The van der Waals surface area contributed by atoms with Crippen LogP contribution in [-0.4, -0.2) is 41.5 Å². The standard InChI is InChI=1S/C17H20FN5O.2ClH/c1-22-7-11-8-23(14-6-15(24)21-17(19)20-14)9-13(11)16(22)10-3-2-4-12(18)5-10;;/h2-6,11,13,16H,7-9H2,1H3,(H3,19,20,21,24);2*1H/t11-,13+,16-;;/m0../s1. The maximum atomic E-state index is 13.6. The summed E-state index contributed by atoms with van der Waals surface area (Å²) in [6, 6.07) is 8.50. The molecule has 0 spiro atoms. The number of hydrogen-bond donors (Lipinski definition) is 2. The smallest absolute Gasteiger partial charge is 0.254 e. The average Bonchev–Trinajstić information content (AvgIpc) is 3.02. The number of benzene rings is 1. The summed E-state index contributed by atoms with van der Waals surface area (Å²) < 4.78 is 13.6. The summed E-state index contributed by atoms with van der Waals surface area (Å²) >= 11 is 0. The molecule has 1 aromatic heterocycles. The van der Waals surface area contributed by atoms with Crippen LogP contribution in [0, 0.1) is 17.7 Å². The third kappa shape index (κ3) is 3.65. The highest BCUT2D eigenvalue weighted by Crippen LogP contribution is 2.44. The molecule has 2 aromatic rings. The molecule has 0 aliphatic carbocycles. The van der Waals surface area contributed by atoms with Gasteiger partial charge in [0.15, 0.2) is 0 Å². The summed E-state index contributed by atoms with van der Waals surface area (Å²) in [5.74, 6) is 1.38. The molecule has 0 saturated carbocycles. The number of rotatable bonds is 2. The molecule has 142 valence electrons. The van der Waals surface area contributed by atoms with E-state index in [9.17, 15) is 9.18 Å². The lowest BCUT2D eigenvalue weighted by atomic mass is 9.89. The van der Waals surface area contributed by atoms with Gasteiger partial charge in [-0.25, -0.2) is 4.39 Å². The first-order chi connectivity index (χ1) is 11.5. The summed E-state index contributed by atoms with van der Waals surface area (Å²) in [7, 11) is 2.09. The Bertz CT molecular complexity index is 833. The van der Waals surface area contributed by atoms with Crippen molar-refractivity contribution in [2.75, 3.05) is 37.3 Å². The Hall–Kier alpha value is -1.83. The Labute approximate surface area is 163 Å². The van der Waals surface area contributed by atoms with Crippen LogP contribution < -0.4 is 16.2 Å². The van der Waals surface area contributed by atoms with E-state index < -0.39 is 0 Å². The van der Waals surface area contributed by atoms with Crippen molar-refractivity contribution in [2.24, 2.45) is 11.8 Å². The fraction of sp³-hybridized carbons (Fsp3) is 0.412. The first kappa shape index (κ1) is 20.5. The molecule has 1 aromatic carbocycles. The van der Waals surface area contributed by atoms with Crippen LogP contribution in [0.3, 0.4) is 0 Å². The monoisotopic (exact) mass is 401 g/mol. The van der Waals surface area contributed by atoms with Gasteiger partial charge in [0.2, 0.25) is 5.95 Å². The van der Waals surface area contributed by atoms with Crippen molar-refractivity contribution >= 4 is 36.6 Å². The van der Waals surface area contributed by atoms with Crippen molar-refractivity contribution in [3.63, 3.8) is 0 Å². The number of hydrogen-bond acceptors (Lipinski definition) is 5. The van der Waals surface area contributed by atoms with E-state index in [-0.39, 0.29) is 48.2 Å². The number of nitrogen functional groups attached to an aromatic ring is 1. The number of nitrogens with two attached hydrogens (primary N) is 1. The number of halogens is 3. The predicted octanol–water partition coefficient (Wildman–Crippen LogP) is 2.07. The molecule has 0 amide bonds. The first-order valence-electron chi connectivity index (χ1n) is 8.09. The Morgan fingerprint density at radius 2 is 2.00 bits per heavy atom. The van der Waals surface area contributed by atoms with Gasteiger partial charge in [0, 0.05) is 37.7 Å². The summed E-state index contributed by atoms with van der Waals surface area (Å²) in [6.07, 6.45) is 0. The van der Waals surface area contributed by atoms with Crippen LogP contribution in [0.15, 0.2) is 35.1 Å². The summed E-state index contributed by atoms with van der Waals surface area (Å²) in [6.45, 7) is 2.56. The van der Waals surface area contributed by atoms with Gasteiger partial charge in [0.1, 0.15) is 11.6 Å². The molecule has 3 N–H and O–H groups in total. The molecule has 2 aliphatic heterocycles. The number of fused-ring (bicyclic) bond motifs is 1. The van der Waals surface area contributed by atoms with E-state index in [0.29, 0.717) is 17.7 Å². The zero-order valence-electron chi connectivity index (χ0n) is 14.3. The van der Waals surface area contributed by atoms with Gasteiger partial charge in [-0.15, -0.1) is 24.8 Å². The fourth-order valence-corrected chi connectivity index (χ4v) is 4.26. The van der Waals surface area contributed by atoms with Crippen molar-refractivity contribution in [1.29, 1.82) is 0 Å². The fourth-order valence-electron chi connectivity index (χ4n) is 4.26. The van der Waals surface area contributed by atoms with Crippen molar-refractivity contribution in [3.05, 3.63) is 52.1 Å². The van der Waals surface area contributed by atoms with Crippen LogP contribution in [0.2, 0.25) is 0 Å². The Balaban J connectivity index is 0.00000121. The molecule has 2 aliphatic rings. The Morgan fingerprint density at radius 3 is 2.69 bits per heavy atom. The van der Waals surface area contributed by atoms with Crippen LogP contribution >= 0.6 is 24.8 Å². The van der Waals surface area contributed by atoms with Crippen LogP contribution in [0.1, 0.15) is 11.6 Å². The quantitative estimate of drug-likeness (QED) is 0.804. The third-order valence-electron chi connectivity index (χ3n) is 5.16. The van der Waals surface area contributed by atoms with E-state index in [1.165, 1.54) is 12.1 Å². The third-order valence-corrected chi connectivity index (χ3v) is 5.16. The molecular weight excluding hydrogens is 380 g/mol. The lowest BCUT2D eigenvalue weighted by molar-refractivity contribution is 0.279. The SMILES string of the molecule is CN1C[C@H]2CN(c3cc(=O)[nH]c(N)n3)C[C@H]2[C@@H]1c1cccc(F)c1.Cl.Cl. The molecule has 3 atom stereocenters. The number of likely N-dealkylation sites (tertiary alicyclic amines) is 1. The number of nitrogens with one attached hydrogen (secondary N) is 1. The van der Waals surface area contributed by atoms with Gasteiger partial charge in [0.25, 0.3) is 5.56 Å². The highest BCUT2D eigenvalue weighted by Gasteiger charge is 2.46. The van der Waals surface area contributed by atoms with Crippen LogP contribution in [0.4, 0.5) is 16.2 Å². The summed E-state index contributed by atoms with van der Waals surface area (Å²) in [4.78, 5) is 22.8. The number of aromatic nitrogens is 2. The molecule has 0 radical (unpaired) electrons. The van der Waals surface area contributed by atoms with E-state index in [4.69, 9.17) is 5.73 Å². The molecule has 0 bridgehead atoms. The number of aromatic amines is 1. The maximum absolute atomic E-state index is 13.6. The van der Waals surface area contributed by atoms with Crippen molar-refractivity contribution in [1.82, 2.24) is 14.9 Å². The van der Waals surface area contributed by atoms with Crippen molar-refractivity contribution in [2.45, 2.75) is 6.04 Å². The first-order valence-corrected chi connectivity index (χ1v) is 8.09. The molecule has 2 fully saturated rings. The second kappa shape index (κ2) is 7.82. The lowest BCUT2D eigenvalue weighted by Crippen LogP contribution is -2.30. The molecule has 9 heteroatoms. The number of nitrogens with zero attached hydrogens (tertiary/aromatic N) is 3. The molecular formula is C17H22Cl2FN5O. The van der Waals surface area contributed by atoms with Gasteiger partial charge in [-0.2, -0.15) is 4.98 Å². The van der Waals surface area contributed by atoms with E-state index in [1.54, 1.807) is 12.1 Å². The molecule has 26 heavy (non-hydrogen) atoms. The minimum Gasteiger partial charge on any atom is -0.369 e. The molecule has 3 heterocycles. The van der Waals surface area contributed by atoms with Gasteiger partial charge >= 0.3 is 0 Å². The van der Waals surface area contributed by atoms with E-state index in [0.717, 1.165) is 25.2 Å². The van der Waals surface area contributed by atoms with E-state index >= 15 is 0 Å². The molecule has 6 nitrogen and oxygen atoms in total. The number of H-pyrrole nitrogens is 1. The maximum Gasteiger partial charge on any atom is 0.254 e. The second-order valence-corrected chi connectivity index (χ2v) is 6.76. The Kier molecular flexibility index (Phi) is 6.16. The molecule has 4 rings (SSSR count). The van der Waals surface area contributed by atoms with Gasteiger partial charge in [0.05, 0.1) is 0 Å². The van der Waals surface area contributed by atoms with E-state index in [1.807, 2.05) is 6.07 Å². The van der Waals surface area contributed by atoms with Crippen molar-refractivity contribution in [3.8, 4) is 0 Å². The highest BCUT2D eigenvalue weighted by atomic mass is 35.5. The van der Waals surface area contributed by atoms with Gasteiger partial charge in [-0.1, -0.05) is 12.1 Å². The normalized spacial score (nSPS) is 24.7. The average molecular weight is 402 g/mol. The number of anilines is 2. The Morgan fingerprint density at radius 1 is 1.23 bits per heavy atom. The molecule has 0 unspecified atom stereocenters. The summed E-state index contributed by atoms with van der Waals surface area (Å²) in [5, 5.41) is 0.